The van der Waals surface area contributed by atoms with Gasteiger partial charge >= 0.3 is 5.97 Å². The predicted octanol–water partition coefficient (Wildman–Crippen LogP) is 3.22. The lowest BCUT2D eigenvalue weighted by Crippen LogP contribution is -2.49. The number of hydrogen-bond acceptors (Lipinski definition) is 5. The van der Waals surface area contributed by atoms with Crippen molar-refractivity contribution in [3.63, 3.8) is 0 Å². The lowest BCUT2D eigenvalue weighted by atomic mass is 9.88. The number of carboxylic acids is 1. The summed E-state index contributed by atoms with van der Waals surface area (Å²) >= 11 is 0. The van der Waals surface area contributed by atoms with E-state index in [0.717, 1.165) is 16.6 Å². The SMILES string of the molecule is CC(C(=O)N1CCC(C(=O)c2ccc3cnn(C)c3c2)CC1)N(C)c1ccc(C(=O)O)cc1. The van der Waals surface area contributed by atoms with E-state index >= 15 is 0 Å². The van der Waals surface area contributed by atoms with E-state index in [1.165, 1.54) is 12.1 Å². The number of rotatable bonds is 6. The molecule has 1 unspecified atom stereocenters. The van der Waals surface area contributed by atoms with E-state index < -0.39 is 12.0 Å². The summed E-state index contributed by atoms with van der Waals surface area (Å²) in [6, 6.07) is 11.8. The Kier molecular flexibility index (Phi) is 6.18. The number of amides is 1. The van der Waals surface area contributed by atoms with Crippen molar-refractivity contribution < 1.29 is 19.5 Å². The molecule has 0 radical (unpaired) electrons. The normalized spacial score (nSPS) is 15.4. The highest BCUT2D eigenvalue weighted by Gasteiger charge is 2.31. The van der Waals surface area contributed by atoms with Gasteiger partial charge in [0.25, 0.3) is 0 Å². The maximum absolute atomic E-state index is 13.1. The van der Waals surface area contributed by atoms with E-state index in [2.05, 4.69) is 5.10 Å². The molecule has 2 aromatic carbocycles. The number of likely N-dealkylation sites (tertiary alicyclic amines) is 1. The first-order valence-electron chi connectivity index (χ1n) is 11.1. The molecular weight excluding hydrogens is 420 g/mol. The van der Waals surface area contributed by atoms with Crippen LogP contribution >= 0.6 is 0 Å². The summed E-state index contributed by atoms with van der Waals surface area (Å²) in [7, 11) is 3.68. The average Bonchev–Trinajstić information content (AvgIpc) is 3.22. The number of carbonyl (C=O) groups is 3. The number of ketones is 1. The van der Waals surface area contributed by atoms with E-state index in [0.29, 0.717) is 31.5 Å². The minimum absolute atomic E-state index is 0.00187. The van der Waals surface area contributed by atoms with Crippen LogP contribution in [0, 0.1) is 5.92 Å². The summed E-state index contributed by atoms with van der Waals surface area (Å²) in [5.74, 6) is -0.960. The first-order chi connectivity index (χ1) is 15.8. The van der Waals surface area contributed by atoms with Gasteiger partial charge in [-0.1, -0.05) is 12.1 Å². The van der Waals surface area contributed by atoms with Crippen LogP contribution in [-0.2, 0) is 11.8 Å². The fourth-order valence-electron chi connectivity index (χ4n) is 4.39. The zero-order valence-electron chi connectivity index (χ0n) is 19.1. The van der Waals surface area contributed by atoms with Crippen molar-refractivity contribution in [3.05, 3.63) is 59.8 Å². The van der Waals surface area contributed by atoms with Gasteiger partial charge in [-0.3, -0.25) is 14.3 Å². The van der Waals surface area contributed by atoms with Crippen molar-refractivity contribution in [1.82, 2.24) is 14.7 Å². The van der Waals surface area contributed by atoms with E-state index in [1.54, 1.807) is 23.0 Å². The monoisotopic (exact) mass is 448 g/mol. The van der Waals surface area contributed by atoms with Gasteiger partial charge in [-0.25, -0.2) is 4.79 Å². The summed E-state index contributed by atoms with van der Waals surface area (Å²) in [4.78, 5) is 40.9. The predicted molar refractivity (Wildman–Crippen MR) is 126 cm³/mol. The van der Waals surface area contributed by atoms with Crippen LogP contribution in [0.1, 0.15) is 40.5 Å². The average molecular weight is 449 g/mol. The molecule has 1 aromatic heterocycles. The van der Waals surface area contributed by atoms with Crippen LogP contribution in [0.4, 0.5) is 5.69 Å². The number of aryl methyl sites for hydroxylation is 1. The number of hydrogen-bond donors (Lipinski definition) is 1. The first kappa shape index (κ1) is 22.5. The number of aromatic nitrogens is 2. The molecule has 2 heterocycles. The highest BCUT2D eigenvalue weighted by atomic mass is 16.4. The molecule has 1 atom stereocenters. The molecular formula is C25H28N4O4. The van der Waals surface area contributed by atoms with Crippen LogP contribution < -0.4 is 4.90 Å². The fourth-order valence-corrected chi connectivity index (χ4v) is 4.39. The number of aromatic carboxylic acids is 1. The Bertz CT molecular complexity index is 1190. The van der Waals surface area contributed by atoms with Gasteiger partial charge in [0.1, 0.15) is 6.04 Å². The molecule has 8 heteroatoms. The molecule has 1 saturated heterocycles. The molecule has 0 saturated carbocycles. The van der Waals surface area contributed by atoms with Gasteiger partial charge in [-0.15, -0.1) is 0 Å². The van der Waals surface area contributed by atoms with Crippen molar-refractivity contribution in [1.29, 1.82) is 0 Å². The number of benzene rings is 2. The number of carboxylic acid groups (broad SMARTS) is 1. The Morgan fingerprint density at radius 2 is 1.70 bits per heavy atom. The maximum Gasteiger partial charge on any atom is 0.335 e. The van der Waals surface area contributed by atoms with Crippen molar-refractivity contribution >= 4 is 34.3 Å². The Morgan fingerprint density at radius 1 is 1.06 bits per heavy atom. The van der Waals surface area contributed by atoms with Crippen molar-refractivity contribution in [3.8, 4) is 0 Å². The number of fused-ring (bicyclic) bond motifs is 1. The molecule has 1 fully saturated rings. The van der Waals surface area contributed by atoms with Crippen LogP contribution in [0.5, 0.6) is 0 Å². The smallest absolute Gasteiger partial charge is 0.335 e. The van der Waals surface area contributed by atoms with Gasteiger partial charge in [-0.05, 0) is 50.1 Å². The third-order valence-corrected chi connectivity index (χ3v) is 6.67. The summed E-state index contributed by atoms with van der Waals surface area (Å²) in [6.07, 6.45) is 3.06. The first-order valence-corrected chi connectivity index (χ1v) is 11.1. The van der Waals surface area contributed by atoms with Crippen LogP contribution in [-0.4, -0.2) is 63.6 Å². The second-order valence-electron chi connectivity index (χ2n) is 8.64. The number of piperidine rings is 1. The van der Waals surface area contributed by atoms with Crippen molar-refractivity contribution in [2.24, 2.45) is 13.0 Å². The molecule has 33 heavy (non-hydrogen) atoms. The molecule has 0 bridgehead atoms. The van der Waals surface area contributed by atoms with E-state index in [1.807, 2.05) is 49.0 Å². The van der Waals surface area contributed by atoms with Gasteiger partial charge in [0.2, 0.25) is 5.91 Å². The Hall–Kier alpha value is -3.68. The second kappa shape index (κ2) is 9.05. The number of Topliss-reactive ketones (excluding diaryl/α,β-unsaturated/α-hetero) is 1. The molecule has 0 aliphatic carbocycles. The van der Waals surface area contributed by atoms with Crippen molar-refractivity contribution in [2.75, 3.05) is 25.0 Å². The highest BCUT2D eigenvalue weighted by Crippen LogP contribution is 2.25. The molecule has 172 valence electrons. The summed E-state index contributed by atoms with van der Waals surface area (Å²) in [5.41, 5.74) is 2.60. The molecule has 4 rings (SSSR count). The zero-order chi connectivity index (χ0) is 23.7. The third-order valence-electron chi connectivity index (χ3n) is 6.67. The number of nitrogens with zero attached hydrogens (tertiary/aromatic N) is 4. The topological polar surface area (TPSA) is 95.7 Å². The molecule has 3 aromatic rings. The van der Waals surface area contributed by atoms with Crippen LogP contribution in [0.25, 0.3) is 10.9 Å². The number of anilines is 1. The van der Waals surface area contributed by atoms with Crippen LogP contribution in [0.15, 0.2) is 48.7 Å². The lowest BCUT2D eigenvalue weighted by molar-refractivity contribution is -0.133. The summed E-state index contributed by atoms with van der Waals surface area (Å²) < 4.78 is 1.76. The molecule has 1 aliphatic heterocycles. The summed E-state index contributed by atoms with van der Waals surface area (Å²) in [6.45, 7) is 2.92. The molecule has 8 nitrogen and oxygen atoms in total. The van der Waals surface area contributed by atoms with Gasteiger partial charge in [-0.2, -0.15) is 5.10 Å². The highest BCUT2D eigenvalue weighted by molar-refractivity contribution is 6.01. The van der Waals surface area contributed by atoms with Crippen LogP contribution in [0.3, 0.4) is 0 Å². The minimum Gasteiger partial charge on any atom is -0.478 e. The second-order valence-corrected chi connectivity index (χ2v) is 8.64. The Labute approximate surface area is 192 Å². The largest absolute Gasteiger partial charge is 0.478 e. The molecule has 0 spiro atoms. The summed E-state index contributed by atoms with van der Waals surface area (Å²) in [5, 5.41) is 14.3. The maximum atomic E-state index is 13.1. The minimum atomic E-state index is -0.981. The zero-order valence-corrected chi connectivity index (χ0v) is 19.1. The van der Waals surface area contributed by atoms with Gasteiger partial charge in [0.05, 0.1) is 17.3 Å². The molecule has 1 aliphatic rings. The van der Waals surface area contributed by atoms with Crippen molar-refractivity contribution in [2.45, 2.75) is 25.8 Å². The van der Waals surface area contributed by atoms with E-state index in [4.69, 9.17) is 5.11 Å². The van der Waals surface area contributed by atoms with E-state index in [9.17, 15) is 14.4 Å². The van der Waals surface area contributed by atoms with Gasteiger partial charge in [0, 0.05) is 49.7 Å². The number of likely N-dealkylation sites (N-methyl/N-ethyl adjacent to an activating group) is 1. The van der Waals surface area contributed by atoms with Gasteiger partial charge < -0.3 is 14.9 Å². The molecule has 1 N–H and O–H groups in total. The van der Waals surface area contributed by atoms with Crippen LogP contribution in [0.2, 0.25) is 0 Å². The molecule has 1 amide bonds. The quantitative estimate of drug-likeness (QED) is 0.582. The Morgan fingerprint density at radius 3 is 2.33 bits per heavy atom. The fraction of sp³-hybridized carbons (Fsp3) is 0.360. The number of carbonyl (C=O) groups excluding carboxylic acids is 2. The third kappa shape index (κ3) is 4.46. The van der Waals surface area contributed by atoms with Gasteiger partial charge in [0.15, 0.2) is 5.78 Å². The lowest BCUT2D eigenvalue weighted by Gasteiger charge is -2.36. The van der Waals surface area contributed by atoms with E-state index in [-0.39, 0.29) is 23.2 Å². The standard InChI is InChI=1S/C25H28N4O4/c1-16(27(2)21-8-6-18(7-9-21)25(32)33)24(31)29-12-10-17(11-13-29)23(30)19-4-5-20-15-26-28(3)22(20)14-19/h4-9,14-17H,10-13H2,1-3H3,(H,32,33). The Balaban J connectivity index is 1.37.